The number of anilines is 1. The van der Waals surface area contributed by atoms with Crippen LogP contribution in [-0.4, -0.2) is 19.7 Å². The molecule has 7 heteroatoms. The molecule has 0 aliphatic carbocycles. The van der Waals surface area contributed by atoms with Crippen LogP contribution in [0.15, 0.2) is 18.3 Å². The maximum absolute atomic E-state index is 11.1. The predicted molar refractivity (Wildman–Crippen MR) is 80.2 cm³/mol. The average Bonchev–Trinajstić information content (AvgIpc) is 2.70. The van der Waals surface area contributed by atoms with Crippen LogP contribution in [0.3, 0.4) is 0 Å². The van der Waals surface area contributed by atoms with Crippen molar-refractivity contribution in [3.8, 4) is 0 Å². The molecule has 112 valence electrons. The molecule has 0 spiro atoms. The summed E-state index contributed by atoms with van der Waals surface area (Å²) < 4.78 is 1.82. The highest BCUT2D eigenvalue weighted by molar-refractivity contribution is 5.56. The predicted octanol–water partition coefficient (Wildman–Crippen LogP) is 2.90. The van der Waals surface area contributed by atoms with Gasteiger partial charge in [-0.05, 0) is 26.3 Å². The minimum Gasteiger partial charge on any atom is -0.357 e. The first-order chi connectivity index (χ1) is 9.95. The number of nitro groups is 1. The van der Waals surface area contributed by atoms with E-state index in [1.807, 2.05) is 32.5 Å². The Morgan fingerprint density at radius 1 is 1.48 bits per heavy atom. The zero-order valence-corrected chi connectivity index (χ0v) is 12.6. The van der Waals surface area contributed by atoms with Crippen LogP contribution >= 0.6 is 0 Å². The summed E-state index contributed by atoms with van der Waals surface area (Å²) >= 11 is 0. The Bertz CT molecular complexity index is 665. The van der Waals surface area contributed by atoms with E-state index < -0.39 is 4.92 Å². The van der Waals surface area contributed by atoms with Crippen LogP contribution in [0.2, 0.25) is 0 Å². The summed E-state index contributed by atoms with van der Waals surface area (Å²) in [6, 6.07) is 2.95. The van der Waals surface area contributed by atoms with Gasteiger partial charge in [-0.25, -0.2) is 4.98 Å². The molecule has 0 aliphatic rings. The molecule has 2 rings (SSSR count). The fourth-order valence-corrected chi connectivity index (χ4v) is 2.49. The molecule has 0 aromatic carbocycles. The largest absolute Gasteiger partial charge is 0.357 e. The van der Waals surface area contributed by atoms with Crippen LogP contribution in [0, 0.1) is 24.0 Å². The summed E-state index contributed by atoms with van der Waals surface area (Å²) in [5.74, 6) is 0.289. The Kier molecular flexibility index (Phi) is 4.21. The van der Waals surface area contributed by atoms with Crippen molar-refractivity contribution in [2.45, 2.75) is 33.2 Å². The van der Waals surface area contributed by atoms with Gasteiger partial charge in [-0.1, -0.05) is 6.92 Å². The molecule has 7 nitrogen and oxygen atoms in total. The lowest BCUT2D eigenvalue weighted by atomic mass is 10.0. The Balaban J connectivity index is 2.38. The van der Waals surface area contributed by atoms with Crippen molar-refractivity contribution in [3.05, 3.63) is 45.4 Å². The molecule has 0 saturated heterocycles. The van der Waals surface area contributed by atoms with Gasteiger partial charge in [-0.2, -0.15) is 5.10 Å². The summed E-state index contributed by atoms with van der Waals surface area (Å²) in [4.78, 5) is 14.7. The molecule has 0 radical (unpaired) electrons. The van der Waals surface area contributed by atoms with Crippen molar-refractivity contribution < 1.29 is 4.92 Å². The van der Waals surface area contributed by atoms with Gasteiger partial charge >= 0.3 is 5.69 Å². The standard InChI is InChI=1S/C14H19N5O2/c1-5-11(13-9(2)17-18(4)10(13)3)16-14-12(19(20)21)7-6-8-15-14/h6-8,11H,5H2,1-4H3,(H,15,16). The van der Waals surface area contributed by atoms with E-state index in [0.29, 0.717) is 0 Å². The first kappa shape index (κ1) is 15.0. The van der Waals surface area contributed by atoms with Crippen LogP contribution in [0.4, 0.5) is 11.5 Å². The molecule has 0 fully saturated rings. The molecular formula is C14H19N5O2. The van der Waals surface area contributed by atoms with Gasteiger partial charge in [0.2, 0.25) is 5.82 Å². The fraction of sp³-hybridized carbons (Fsp3) is 0.429. The van der Waals surface area contributed by atoms with E-state index in [1.165, 1.54) is 6.07 Å². The van der Waals surface area contributed by atoms with Gasteiger partial charge < -0.3 is 5.32 Å². The van der Waals surface area contributed by atoms with E-state index in [9.17, 15) is 10.1 Å². The van der Waals surface area contributed by atoms with Gasteiger partial charge in [-0.3, -0.25) is 14.8 Å². The summed E-state index contributed by atoms with van der Waals surface area (Å²) in [6.07, 6.45) is 2.33. The number of rotatable bonds is 5. The second kappa shape index (κ2) is 5.90. The molecule has 21 heavy (non-hydrogen) atoms. The van der Waals surface area contributed by atoms with Crippen LogP contribution in [-0.2, 0) is 7.05 Å². The van der Waals surface area contributed by atoms with E-state index in [2.05, 4.69) is 15.4 Å². The molecule has 0 amide bonds. The molecule has 0 bridgehead atoms. The Hall–Kier alpha value is -2.44. The Labute approximate surface area is 123 Å². The van der Waals surface area contributed by atoms with Crippen molar-refractivity contribution in [3.63, 3.8) is 0 Å². The number of nitrogens with one attached hydrogen (secondary N) is 1. The van der Waals surface area contributed by atoms with Crippen LogP contribution in [0.1, 0.15) is 36.3 Å². The van der Waals surface area contributed by atoms with Gasteiger partial charge in [0.05, 0.1) is 16.7 Å². The van der Waals surface area contributed by atoms with E-state index in [4.69, 9.17) is 0 Å². The fourth-order valence-electron chi connectivity index (χ4n) is 2.49. The molecule has 0 aliphatic heterocycles. The third-order valence-corrected chi connectivity index (χ3v) is 3.62. The van der Waals surface area contributed by atoms with Crippen LogP contribution in [0.5, 0.6) is 0 Å². The monoisotopic (exact) mass is 289 g/mol. The second-order valence-electron chi connectivity index (χ2n) is 4.94. The van der Waals surface area contributed by atoms with Gasteiger partial charge in [0.1, 0.15) is 0 Å². The van der Waals surface area contributed by atoms with E-state index >= 15 is 0 Å². The zero-order valence-electron chi connectivity index (χ0n) is 12.6. The molecule has 2 heterocycles. The third-order valence-electron chi connectivity index (χ3n) is 3.62. The Morgan fingerprint density at radius 3 is 2.71 bits per heavy atom. The average molecular weight is 289 g/mol. The quantitative estimate of drug-likeness (QED) is 0.675. The highest BCUT2D eigenvalue weighted by atomic mass is 16.6. The lowest BCUT2D eigenvalue weighted by Crippen LogP contribution is -2.14. The number of pyridine rings is 1. The first-order valence-electron chi connectivity index (χ1n) is 6.81. The highest BCUT2D eigenvalue weighted by Crippen LogP contribution is 2.30. The topological polar surface area (TPSA) is 85.9 Å². The molecule has 1 atom stereocenters. The van der Waals surface area contributed by atoms with E-state index in [-0.39, 0.29) is 17.5 Å². The maximum Gasteiger partial charge on any atom is 0.311 e. The summed E-state index contributed by atoms with van der Waals surface area (Å²) in [5.41, 5.74) is 3.02. The summed E-state index contributed by atoms with van der Waals surface area (Å²) in [5, 5.41) is 18.7. The van der Waals surface area contributed by atoms with E-state index in [1.54, 1.807) is 12.3 Å². The Morgan fingerprint density at radius 2 is 2.19 bits per heavy atom. The number of aromatic nitrogens is 3. The molecule has 2 aromatic heterocycles. The first-order valence-corrected chi connectivity index (χ1v) is 6.81. The smallest absolute Gasteiger partial charge is 0.311 e. The van der Waals surface area contributed by atoms with Crippen molar-refractivity contribution in [1.29, 1.82) is 0 Å². The van der Waals surface area contributed by atoms with Crippen molar-refractivity contribution in [2.24, 2.45) is 7.05 Å². The van der Waals surface area contributed by atoms with Crippen molar-refractivity contribution in [1.82, 2.24) is 14.8 Å². The number of hydrogen-bond acceptors (Lipinski definition) is 5. The van der Waals surface area contributed by atoms with Crippen LogP contribution in [0.25, 0.3) is 0 Å². The number of aryl methyl sites for hydroxylation is 2. The molecule has 0 saturated carbocycles. The van der Waals surface area contributed by atoms with Gasteiger partial charge in [0.15, 0.2) is 0 Å². The summed E-state index contributed by atoms with van der Waals surface area (Å²) in [6.45, 7) is 5.96. The number of hydrogen-bond donors (Lipinski definition) is 1. The number of nitrogens with zero attached hydrogens (tertiary/aromatic N) is 4. The molecule has 2 aromatic rings. The zero-order chi connectivity index (χ0) is 15.6. The summed E-state index contributed by atoms with van der Waals surface area (Å²) in [7, 11) is 1.89. The molecule has 1 unspecified atom stereocenters. The molecular weight excluding hydrogens is 270 g/mol. The van der Waals surface area contributed by atoms with Crippen molar-refractivity contribution >= 4 is 11.5 Å². The SMILES string of the molecule is CCC(Nc1ncccc1[N+](=O)[O-])c1c(C)nn(C)c1C. The minimum absolute atomic E-state index is 0.0184. The highest BCUT2D eigenvalue weighted by Gasteiger charge is 2.22. The minimum atomic E-state index is -0.426. The van der Waals surface area contributed by atoms with E-state index in [0.717, 1.165) is 23.4 Å². The normalized spacial score (nSPS) is 12.2. The van der Waals surface area contributed by atoms with Gasteiger partial charge in [0, 0.05) is 30.6 Å². The van der Waals surface area contributed by atoms with Gasteiger partial charge in [0.25, 0.3) is 0 Å². The third kappa shape index (κ3) is 2.86. The van der Waals surface area contributed by atoms with Crippen molar-refractivity contribution in [2.75, 3.05) is 5.32 Å². The second-order valence-corrected chi connectivity index (χ2v) is 4.94. The van der Waals surface area contributed by atoms with Gasteiger partial charge in [-0.15, -0.1) is 0 Å². The molecule has 1 N–H and O–H groups in total. The lowest BCUT2D eigenvalue weighted by Gasteiger charge is -2.18. The maximum atomic E-state index is 11.1. The van der Waals surface area contributed by atoms with Crippen LogP contribution < -0.4 is 5.32 Å². The lowest BCUT2D eigenvalue weighted by molar-refractivity contribution is -0.384.